The molecule has 0 bridgehead atoms. The average Bonchev–Trinajstić information content (AvgIpc) is 2.63. The largest absolute Gasteiger partial charge is 0.457 e. The first-order valence-electron chi connectivity index (χ1n) is 8.57. The van der Waals surface area contributed by atoms with E-state index in [0.717, 1.165) is 6.26 Å². The summed E-state index contributed by atoms with van der Waals surface area (Å²) in [6.07, 6.45) is 0.958. The molecular weight excluding hydrogens is 368 g/mol. The van der Waals surface area contributed by atoms with Crippen molar-refractivity contribution in [3.8, 4) is 11.5 Å². The van der Waals surface area contributed by atoms with Crippen molar-refractivity contribution in [2.75, 3.05) is 24.7 Å². The number of morpholine rings is 1. The van der Waals surface area contributed by atoms with Crippen LogP contribution in [0.5, 0.6) is 11.5 Å². The molecule has 0 aliphatic carbocycles. The molecule has 0 spiro atoms. The van der Waals surface area contributed by atoms with Gasteiger partial charge in [0.1, 0.15) is 17.5 Å². The fraction of sp³-hybridized carbons (Fsp3) is 0.316. The van der Waals surface area contributed by atoms with E-state index < -0.39 is 15.9 Å². The summed E-state index contributed by atoms with van der Waals surface area (Å²) in [6.45, 7) is 3.09. The highest BCUT2D eigenvalue weighted by atomic mass is 32.2. The van der Waals surface area contributed by atoms with E-state index in [1.54, 1.807) is 36.4 Å². The lowest BCUT2D eigenvalue weighted by atomic mass is 10.1. The molecule has 2 atom stereocenters. The van der Waals surface area contributed by atoms with Crippen LogP contribution in [0.4, 0.5) is 5.69 Å². The standard InChI is InChI=1S/C19H22N2O5S/c1-13-18(20-10-11-25-13)19(22)21-14-6-8-15(9-7-14)26-16-4-3-5-17(12-16)27(2,23)24/h3-9,12-13,18,20H,10-11H2,1-2H3,(H,21,22)/t13-,18+/m1/s1. The molecule has 1 amide bonds. The second kappa shape index (κ2) is 8.08. The number of ether oxygens (including phenoxy) is 2. The Hall–Kier alpha value is -2.42. The molecule has 8 heteroatoms. The van der Waals surface area contributed by atoms with Crippen LogP contribution in [-0.2, 0) is 19.4 Å². The van der Waals surface area contributed by atoms with Gasteiger partial charge in [0.2, 0.25) is 5.91 Å². The van der Waals surface area contributed by atoms with Crippen LogP contribution in [0.2, 0.25) is 0 Å². The third-order valence-electron chi connectivity index (χ3n) is 4.19. The first kappa shape index (κ1) is 19.3. The van der Waals surface area contributed by atoms with E-state index in [4.69, 9.17) is 9.47 Å². The number of hydrogen-bond acceptors (Lipinski definition) is 6. The van der Waals surface area contributed by atoms with Crippen LogP contribution < -0.4 is 15.4 Å². The number of carbonyl (C=O) groups is 1. The highest BCUT2D eigenvalue weighted by molar-refractivity contribution is 7.90. The maximum Gasteiger partial charge on any atom is 0.244 e. The SMILES string of the molecule is C[C@H]1OCCN[C@@H]1C(=O)Nc1ccc(Oc2cccc(S(C)(=O)=O)c2)cc1. The van der Waals surface area contributed by atoms with E-state index in [9.17, 15) is 13.2 Å². The van der Waals surface area contributed by atoms with Crippen LogP contribution in [0.1, 0.15) is 6.92 Å². The van der Waals surface area contributed by atoms with E-state index in [1.807, 2.05) is 6.92 Å². The summed E-state index contributed by atoms with van der Waals surface area (Å²) in [5.41, 5.74) is 0.636. The molecule has 27 heavy (non-hydrogen) atoms. The number of carbonyl (C=O) groups excluding carboxylic acids is 1. The normalized spacial score (nSPS) is 20.1. The number of anilines is 1. The van der Waals surface area contributed by atoms with Crippen molar-refractivity contribution in [2.45, 2.75) is 24.0 Å². The van der Waals surface area contributed by atoms with Crippen molar-refractivity contribution in [2.24, 2.45) is 0 Å². The van der Waals surface area contributed by atoms with Crippen LogP contribution in [-0.4, -0.2) is 45.9 Å². The van der Waals surface area contributed by atoms with Crippen molar-refractivity contribution >= 4 is 21.4 Å². The Labute approximate surface area is 158 Å². The second-order valence-electron chi connectivity index (χ2n) is 6.37. The van der Waals surface area contributed by atoms with E-state index in [2.05, 4.69) is 10.6 Å². The predicted octanol–water partition coefficient (Wildman–Crippen LogP) is 2.20. The molecule has 2 aromatic carbocycles. The summed E-state index contributed by atoms with van der Waals surface area (Å²) in [7, 11) is -3.30. The Morgan fingerprint density at radius 2 is 1.93 bits per heavy atom. The van der Waals surface area contributed by atoms with Gasteiger partial charge in [-0.2, -0.15) is 0 Å². The first-order chi connectivity index (χ1) is 12.8. The lowest BCUT2D eigenvalue weighted by Crippen LogP contribution is -2.53. The molecule has 0 saturated carbocycles. The van der Waals surface area contributed by atoms with Gasteiger partial charge in [-0.1, -0.05) is 6.07 Å². The lowest BCUT2D eigenvalue weighted by molar-refractivity contribution is -0.123. The van der Waals surface area contributed by atoms with Crippen molar-refractivity contribution in [3.05, 3.63) is 48.5 Å². The van der Waals surface area contributed by atoms with E-state index in [0.29, 0.717) is 30.3 Å². The molecule has 1 aliphatic rings. The molecule has 7 nitrogen and oxygen atoms in total. The van der Waals surface area contributed by atoms with Crippen LogP contribution in [0, 0.1) is 0 Å². The highest BCUT2D eigenvalue weighted by Crippen LogP contribution is 2.25. The van der Waals surface area contributed by atoms with E-state index >= 15 is 0 Å². The van der Waals surface area contributed by atoms with Gasteiger partial charge in [0, 0.05) is 18.5 Å². The Bertz CT molecular complexity index is 912. The van der Waals surface area contributed by atoms with Gasteiger partial charge in [0.15, 0.2) is 9.84 Å². The molecule has 2 aromatic rings. The van der Waals surface area contributed by atoms with Gasteiger partial charge < -0.3 is 20.1 Å². The number of benzene rings is 2. The summed E-state index contributed by atoms with van der Waals surface area (Å²) in [6, 6.07) is 12.8. The fourth-order valence-corrected chi connectivity index (χ4v) is 3.41. The molecule has 3 rings (SSSR count). The highest BCUT2D eigenvalue weighted by Gasteiger charge is 2.28. The Kier molecular flexibility index (Phi) is 5.79. The summed E-state index contributed by atoms with van der Waals surface area (Å²) < 4.78 is 34.4. The Morgan fingerprint density at radius 3 is 2.59 bits per heavy atom. The van der Waals surface area contributed by atoms with Gasteiger partial charge in [0.05, 0.1) is 17.6 Å². The van der Waals surface area contributed by atoms with Gasteiger partial charge in [-0.3, -0.25) is 4.79 Å². The van der Waals surface area contributed by atoms with Crippen LogP contribution in [0.15, 0.2) is 53.4 Å². The maximum absolute atomic E-state index is 12.3. The number of nitrogens with one attached hydrogen (secondary N) is 2. The van der Waals surface area contributed by atoms with Gasteiger partial charge in [-0.05, 0) is 49.4 Å². The quantitative estimate of drug-likeness (QED) is 0.813. The van der Waals surface area contributed by atoms with Crippen LogP contribution in [0.3, 0.4) is 0 Å². The van der Waals surface area contributed by atoms with E-state index in [1.165, 1.54) is 12.1 Å². The molecule has 0 aromatic heterocycles. The van der Waals surface area contributed by atoms with Crippen molar-refractivity contribution in [3.63, 3.8) is 0 Å². The first-order valence-corrected chi connectivity index (χ1v) is 10.5. The average molecular weight is 390 g/mol. The van der Waals surface area contributed by atoms with Gasteiger partial charge in [-0.25, -0.2) is 8.42 Å². The summed E-state index contributed by atoms with van der Waals surface area (Å²) >= 11 is 0. The van der Waals surface area contributed by atoms with E-state index in [-0.39, 0.29) is 16.9 Å². The zero-order chi connectivity index (χ0) is 19.4. The third-order valence-corrected chi connectivity index (χ3v) is 5.30. The van der Waals surface area contributed by atoms with Crippen molar-refractivity contribution < 1.29 is 22.7 Å². The monoisotopic (exact) mass is 390 g/mol. The second-order valence-corrected chi connectivity index (χ2v) is 8.39. The smallest absolute Gasteiger partial charge is 0.244 e. The Morgan fingerprint density at radius 1 is 1.19 bits per heavy atom. The van der Waals surface area contributed by atoms with Crippen molar-refractivity contribution in [1.29, 1.82) is 0 Å². The number of amides is 1. The van der Waals surface area contributed by atoms with Gasteiger partial charge >= 0.3 is 0 Å². The minimum Gasteiger partial charge on any atom is -0.457 e. The summed E-state index contributed by atoms with van der Waals surface area (Å²) in [4.78, 5) is 12.5. The molecule has 1 fully saturated rings. The molecule has 2 N–H and O–H groups in total. The number of hydrogen-bond donors (Lipinski definition) is 2. The van der Waals surface area contributed by atoms with Gasteiger partial charge in [-0.15, -0.1) is 0 Å². The lowest BCUT2D eigenvalue weighted by Gasteiger charge is -2.29. The predicted molar refractivity (Wildman–Crippen MR) is 102 cm³/mol. The van der Waals surface area contributed by atoms with Gasteiger partial charge in [0.25, 0.3) is 0 Å². The molecular formula is C19H22N2O5S. The summed E-state index contributed by atoms with van der Waals surface area (Å²) in [5, 5.41) is 5.99. The molecule has 1 heterocycles. The van der Waals surface area contributed by atoms with Crippen LogP contribution >= 0.6 is 0 Å². The molecule has 0 unspecified atom stereocenters. The molecule has 1 aliphatic heterocycles. The third kappa shape index (κ3) is 5.06. The van der Waals surface area contributed by atoms with Crippen LogP contribution in [0.25, 0.3) is 0 Å². The minimum absolute atomic E-state index is 0.156. The summed E-state index contributed by atoms with van der Waals surface area (Å²) in [5.74, 6) is 0.801. The molecule has 1 saturated heterocycles. The fourth-order valence-electron chi connectivity index (χ4n) is 2.76. The number of sulfone groups is 1. The molecule has 0 radical (unpaired) electrons. The zero-order valence-corrected chi connectivity index (χ0v) is 16.0. The zero-order valence-electron chi connectivity index (χ0n) is 15.1. The topological polar surface area (TPSA) is 93.7 Å². The Balaban J connectivity index is 1.64. The maximum atomic E-state index is 12.3. The van der Waals surface area contributed by atoms with Crippen molar-refractivity contribution in [1.82, 2.24) is 5.32 Å². The minimum atomic E-state index is -3.30. The number of rotatable bonds is 5. The molecule has 144 valence electrons.